The molecular weight excluding hydrogens is 192 g/mol. The predicted molar refractivity (Wildman–Crippen MR) is 59.6 cm³/mol. The van der Waals surface area contributed by atoms with Crippen LogP contribution in [0.3, 0.4) is 0 Å². The molecule has 0 aliphatic rings. The molecule has 0 spiro atoms. The maximum absolute atomic E-state index is 8.99. The number of nitrogens with zero attached hydrogens (tertiary/aromatic N) is 2. The minimum atomic E-state index is -0.00277. The van der Waals surface area contributed by atoms with Crippen LogP contribution in [0.25, 0.3) is 0 Å². The molecule has 0 rings (SSSR count). The molecule has 0 aromatic rings. The monoisotopic (exact) mass is 214 g/mol. The largest absolute Gasteiger partial charge is 0.385 e. The SMILES string of the molecule is CCC(C#N)N(CCCOC)CCOC. The molecule has 0 aliphatic carbocycles. The van der Waals surface area contributed by atoms with Crippen LogP contribution in [-0.4, -0.2) is 51.5 Å². The number of methoxy groups -OCH3 is 2. The molecule has 0 fully saturated rings. The summed E-state index contributed by atoms with van der Waals surface area (Å²) < 4.78 is 10.0. The highest BCUT2D eigenvalue weighted by Crippen LogP contribution is 2.04. The second-order valence-corrected chi connectivity index (χ2v) is 3.43. The molecule has 0 radical (unpaired) electrons. The fraction of sp³-hybridized carbons (Fsp3) is 0.909. The van der Waals surface area contributed by atoms with Crippen molar-refractivity contribution in [3.05, 3.63) is 0 Å². The first kappa shape index (κ1) is 14.4. The quantitative estimate of drug-likeness (QED) is 0.542. The van der Waals surface area contributed by atoms with Crippen LogP contribution in [0.5, 0.6) is 0 Å². The Kier molecular flexibility index (Phi) is 9.49. The molecule has 4 heteroatoms. The van der Waals surface area contributed by atoms with Gasteiger partial charge >= 0.3 is 0 Å². The summed E-state index contributed by atoms with van der Waals surface area (Å²) in [5.41, 5.74) is 0. The smallest absolute Gasteiger partial charge is 0.0976 e. The van der Waals surface area contributed by atoms with Crippen molar-refractivity contribution in [2.75, 3.05) is 40.5 Å². The van der Waals surface area contributed by atoms with Crippen LogP contribution in [0.4, 0.5) is 0 Å². The van der Waals surface area contributed by atoms with Crippen LogP contribution < -0.4 is 0 Å². The van der Waals surface area contributed by atoms with Crippen LogP contribution in [0.2, 0.25) is 0 Å². The summed E-state index contributed by atoms with van der Waals surface area (Å²) in [5.74, 6) is 0. The van der Waals surface area contributed by atoms with E-state index < -0.39 is 0 Å². The Bertz CT molecular complexity index is 180. The highest BCUT2D eigenvalue weighted by atomic mass is 16.5. The molecule has 0 heterocycles. The standard InChI is InChI=1S/C11H22N2O2/c1-4-11(10-12)13(7-9-15-3)6-5-8-14-2/h11H,4-9H2,1-3H3. The van der Waals surface area contributed by atoms with E-state index in [1.54, 1.807) is 14.2 Å². The fourth-order valence-electron chi connectivity index (χ4n) is 1.48. The van der Waals surface area contributed by atoms with E-state index in [2.05, 4.69) is 11.0 Å². The van der Waals surface area contributed by atoms with Gasteiger partial charge < -0.3 is 9.47 Å². The summed E-state index contributed by atoms with van der Waals surface area (Å²) in [5, 5.41) is 8.99. The van der Waals surface area contributed by atoms with E-state index in [0.29, 0.717) is 6.61 Å². The number of ether oxygens (including phenoxy) is 2. The summed E-state index contributed by atoms with van der Waals surface area (Å²) in [6.45, 7) is 5.15. The molecule has 4 nitrogen and oxygen atoms in total. The second kappa shape index (κ2) is 9.91. The molecule has 15 heavy (non-hydrogen) atoms. The molecule has 88 valence electrons. The molecule has 0 saturated carbocycles. The molecule has 0 aromatic carbocycles. The summed E-state index contributed by atoms with van der Waals surface area (Å²) >= 11 is 0. The average Bonchev–Trinajstić information content (AvgIpc) is 2.26. The molecule has 0 aliphatic heterocycles. The van der Waals surface area contributed by atoms with Crippen molar-refractivity contribution in [1.82, 2.24) is 4.90 Å². The Morgan fingerprint density at radius 1 is 1.20 bits per heavy atom. The van der Waals surface area contributed by atoms with Gasteiger partial charge in [0.1, 0.15) is 0 Å². The van der Waals surface area contributed by atoms with Gasteiger partial charge in [-0.1, -0.05) is 6.92 Å². The van der Waals surface area contributed by atoms with E-state index in [0.717, 1.165) is 32.5 Å². The van der Waals surface area contributed by atoms with Crippen LogP contribution >= 0.6 is 0 Å². The molecule has 1 atom stereocenters. The van der Waals surface area contributed by atoms with Crippen molar-refractivity contribution in [2.45, 2.75) is 25.8 Å². The van der Waals surface area contributed by atoms with Gasteiger partial charge in [-0.15, -0.1) is 0 Å². The van der Waals surface area contributed by atoms with E-state index in [1.807, 2.05) is 6.92 Å². The Morgan fingerprint density at radius 3 is 2.33 bits per heavy atom. The van der Waals surface area contributed by atoms with Gasteiger partial charge in [-0.3, -0.25) is 4.90 Å². The summed E-state index contributed by atoms with van der Waals surface area (Å²) in [6.07, 6.45) is 1.81. The van der Waals surface area contributed by atoms with Gasteiger partial charge in [0.25, 0.3) is 0 Å². The summed E-state index contributed by atoms with van der Waals surface area (Å²) in [4.78, 5) is 2.16. The van der Waals surface area contributed by atoms with Gasteiger partial charge in [0.15, 0.2) is 0 Å². The zero-order chi connectivity index (χ0) is 11.5. The minimum absolute atomic E-state index is 0.00277. The van der Waals surface area contributed by atoms with Crippen molar-refractivity contribution in [3.8, 4) is 6.07 Å². The van der Waals surface area contributed by atoms with E-state index in [9.17, 15) is 0 Å². The molecule has 0 N–H and O–H groups in total. The molecular formula is C11H22N2O2. The van der Waals surface area contributed by atoms with Gasteiger partial charge in [-0.2, -0.15) is 5.26 Å². The Hall–Kier alpha value is -0.630. The highest BCUT2D eigenvalue weighted by molar-refractivity contribution is 4.90. The van der Waals surface area contributed by atoms with Gasteiger partial charge in [-0.05, 0) is 12.8 Å². The molecule has 0 amide bonds. The van der Waals surface area contributed by atoms with Crippen molar-refractivity contribution in [3.63, 3.8) is 0 Å². The molecule has 0 aromatic heterocycles. The number of hydrogen-bond acceptors (Lipinski definition) is 4. The first-order valence-electron chi connectivity index (χ1n) is 5.41. The van der Waals surface area contributed by atoms with E-state index in [1.165, 1.54) is 0 Å². The van der Waals surface area contributed by atoms with Crippen molar-refractivity contribution in [1.29, 1.82) is 5.26 Å². The van der Waals surface area contributed by atoms with E-state index in [-0.39, 0.29) is 6.04 Å². The van der Waals surface area contributed by atoms with Gasteiger partial charge in [0.05, 0.1) is 18.7 Å². The first-order valence-corrected chi connectivity index (χ1v) is 5.41. The zero-order valence-corrected chi connectivity index (χ0v) is 10.0. The van der Waals surface area contributed by atoms with Crippen LogP contribution in [-0.2, 0) is 9.47 Å². The maximum Gasteiger partial charge on any atom is 0.0976 e. The van der Waals surface area contributed by atoms with Crippen molar-refractivity contribution in [2.24, 2.45) is 0 Å². The predicted octanol–water partition coefficient (Wildman–Crippen LogP) is 1.27. The van der Waals surface area contributed by atoms with Crippen molar-refractivity contribution >= 4 is 0 Å². The third-order valence-electron chi connectivity index (χ3n) is 2.35. The third kappa shape index (κ3) is 6.45. The molecule has 0 saturated heterocycles. The van der Waals surface area contributed by atoms with E-state index >= 15 is 0 Å². The fourth-order valence-corrected chi connectivity index (χ4v) is 1.48. The summed E-state index contributed by atoms with van der Waals surface area (Å²) in [7, 11) is 3.38. The lowest BCUT2D eigenvalue weighted by Crippen LogP contribution is -2.37. The Labute approximate surface area is 92.8 Å². The lowest BCUT2D eigenvalue weighted by Gasteiger charge is -2.25. The lowest BCUT2D eigenvalue weighted by molar-refractivity contribution is 0.119. The van der Waals surface area contributed by atoms with Crippen molar-refractivity contribution < 1.29 is 9.47 Å². The number of hydrogen-bond donors (Lipinski definition) is 0. The Balaban J connectivity index is 3.99. The lowest BCUT2D eigenvalue weighted by atomic mass is 10.2. The third-order valence-corrected chi connectivity index (χ3v) is 2.35. The van der Waals surface area contributed by atoms with Gasteiger partial charge in [-0.25, -0.2) is 0 Å². The maximum atomic E-state index is 8.99. The zero-order valence-electron chi connectivity index (χ0n) is 10.0. The summed E-state index contributed by atoms with van der Waals surface area (Å²) in [6, 6.07) is 2.31. The Morgan fingerprint density at radius 2 is 1.87 bits per heavy atom. The van der Waals surface area contributed by atoms with Crippen LogP contribution in [0.1, 0.15) is 19.8 Å². The normalized spacial score (nSPS) is 12.7. The van der Waals surface area contributed by atoms with Gasteiger partial charge in [0, 0.05) is 33.9 Å². The average molecular weight is 214 g/mol. The van der Waals surface area contributed by atoms with Crippen LogP contribution in [0, 0.1) is 11.3 Å². The highest BCUT2D eigenvalue weighted by Gasteiger charge is 2.14. The van der Waals surface area contributed by atoms with Gasteiger partial charge in [0.2, 0.25) is 0 Å². The topological polar surface area (TPSA) is 45.5 Å². The molecule has 0 bridgehead atoms. The van der Waals surface area contributed by atoms with E-state index in [4.69, 9.17) is 14.7 Å². The molecule has 1 unspecified atom stereocenters. The first-order chi connectivity index (χ1) is 7.29. The second-order valence-electron chi connectivity index (χ2n) is 3.43. The number of rotatable bonds is 9. The number of nitriles is 1. The van der Waals surface area contributed by atoms with Crippen LogP contribution in [0.15, 0.2) is 0 Å². The minimum Gasteiger partial charge on any atom is -0.385 e.